The van der Waals surface area contributed by atoms with Gasteiger partial charge < -0.3 is 4.57 Å². The van der Waals surface area contributed by atoms with E-state index in [9.17, 15) is 0 Å². The van der Waals surface area contributed by atoms with E-state index in [0.717, 1.165) is 0 Å². The first-order chi connectivity index (χ1) is 22.3. The Kier molecular flexibility index (Phi) is 26.2. The predicted molar refractivity (Wildman–Crippen MR) is 200 cm³/mol. The Hall–Kier alpha value is -1.57. The van der Waals surface area contributed by atoms with E-state index in [1.54, 1.807) is 0 Å². The van der Waals surface area contributed by atoms with E-state index in [2.05, 4.69) is 66.3 Å². The highest BCUT2D eigenvalue weighted by Gasteiger charge is 2.23. The Morgan fingerprint density at radius 1 is 0.489 bits per heavy atom. The second kappa shape index (κ2) is 29.8. The summed E-state index contributed by atoms with van der Waals surface area (Å²) in [5.41, 5.74) is 1.50. The van der Waals surface area contributed by atoms with Crippen LogP contribution in [0.25, 0.3) is 0 Å². The van der Waals surface area contributed by atoms with Crippen LogP contribution in [0.4, 0.5) is 0 Å². The van der Waals surface area contributed by atoms with Crippen LogP contribution in [-0.4, -0.2) is 9.55 Å². The molecule has 0 saturated heterocycles. The maximum atomic E-state index is 4.48. The van der Waals surface area contributed by atoms with Crippen LogP contribution in [0.2, 0.25) is 0 Å². The van der Waals surface area contributed by atoms with Crippen molar-refractivity contribution in [1.29, 1.82) is 0 Å². The molecule has 0 saturated carbocycles. The van der Waals surface area contributed by atoms with E-state index >= 15 is 0 Å². The fraction of sp³-hybridized carbons (Fsp3) is 0.791. The van der Waals surface area contributed by atoms with E-state index in [1.165, 1.54) is 198 Å². The molecule has 0 aliphatic heterocycles. The minimum absolute atomic E-state index is 0.572. The monoisotopic (exact) mass is 621 g/mol. The van der Waals surface area contributed by atoms with Crippen molar-refractivity contribution in [3.8, 4) is 0 Å². The maximum Gasteiger partial charge on any atom is 0.0948 e. The lowest BCUT2D eigenvalue weighted by Crippen LogP contribution is -2.21. The zero-order valence-corrected chi connectivity index (χ0v) is 30.4. The molecule has 2 aromatic rings. The summed E-state index contributed by atoms with van der Waals surface area (Å²) in [6.07, 6.45) is 48.7. The average molecular weight is 621 g/mol. The molecule has 0 amide bonds. The van der Waals surface area contributed by atoms with Crippen LogP contribution in [0.1, 0.15) is 212 Å². The number of benzene rings is 1. The zero-order chi connectivity index (χ0) is 31.9. The van der Waals surface area contributed by atoms with Gasteiger partial charge in [-0.15, -0.1) is 0 Å². The number of imidazole rings is 1. The number of rotatable bonds is 33. The molecule has 1 heterocycles. The first-order valence-electron chi connectivity index (χ1n) is 20.4. The van der Waals surface area contributed by atoms with Crippen molar-refractivity contribution < 1.29 is 0 Å². The Labute approximate surface area is 282 Å². The molecule has 0 aliphatic rings. The van der Waals surface area contributed by atoms with E-state index in [1.807, 2.05) is 6.20 Å². The molecule has 0 N–H and O–H groups in total. The molecule has 0 fully saturated rings. The molecule has 2 nitrogen and oxygen atoms in total. The highest BCUT2D eigenvalue weighted by atomic mass is 15.1. The molecule has 0 bridgehead atoms. The van der Waals surface area contributed by atoms with Gasteiger partial charge in [-0.3, -0.25) is 0 Å². The number of hydrogen-bond acceptors (Lipinski definition) is 1. The van der Waals surface area contributed by atoms with Crippen LogP contribution in [0.3, 0.4) is 0 Å². The van der Waals surface area contributed by atoms with E-state index in [4.69, 9.17) is 0 Å². The number of hydrogen-bond donors (Lipinski definition) is 0. The van der Waals surface area contributed by atoms with Gasteiger partial charge in [0.05, 0.1) is 6.33 Å². The summed E-state index contributed by atoms with van der Waals surface area (Å²) >= 11 is 0. The molecule has 0 aliphatic carbocycles. The summed E-state index contributed by atoms with van der Waals surface area (Å²) in [5.74, 6) is 0.691. The molecule has 258 valence electrons. The van der Waals surface area contributed by atoms with Gasteiger partial charge >= 0.3 is 0 Å². The number of aromatic nitrogens is 2. The van der Waals surface area contributed by atoms with E-state index < -0.39 is 0 Å². The quantitative estimate of drug-likeness (QED) is 0.0726. The summed E-state index contributed by atoms with van der Waals surface area (Å²) in [6, 6.07) is 11.9. The highest BCUT2D eigenvalue weighted by Crippen LogP contribution is 2.32. The fourth-order valence-corrected chi connectivity index (χ4v) is 7.41. The molecule has 0 radical (unpaired) electrons. The van der Waals surface area contributed by atoms with Gasteiger partial charge in [0, 0.05) is 18.4 Å². The van der Waals surface area contributed by atoms with E-state index in [-0.39, 0.29) is 0 Å². The molecule has 1 aromatic heterocycles. The van der Waals surface area contributed by atoms with Gasteiger partial charge in [-0.1, -0.05) is 218 Å². The standard InChI is InChI=1S/C43H76N2/c1-3-5-7-9-11-13-15-17-19-21-23-25-27-32-36-43(45-38-37-44-40-45)42(39-41-33-29-28-30-34-41)35-31-26-24-22-20-18-16-14-12-10-8-6-4-2/h28-30,33-34,37-38,40,42-43H,3-27,31-32,35-36,39H2,1-2H3. The molecular formula is C43H76N2. The Balaban J connectivity index is 1.66. The van der Waals surface area contributed by atoms with E-state index in [0.29, 0.717) is 12.0 Å². The Morgan fingerprint density at radius 2 is 0.889 bits per heavy atom. The van der Waals surface area contributed by atoms with Gasteiger partial charge in [-0.05, 0) is 30.7 Å². The van der Waals surface area contributed by atoms with Crippen LogP contribution >= 0.6 is 0 Å². The topological polar surface area (TPSA) is 17.8 Å². The van der Waals surface area contributed by atoms with Crippen molar-refractivity contribution in [2.24, 2.45) is 5.92 Å². The van der Waals surface area contributed by atoms with Crippen molar-refractivity contribution >= 4 is 0 Å². The third-order valence-electron chi connectivity index (χ3n) is 10.3. The first-order valence-corrected chi connectivity index (χ1v) is 20.4. The van der Waals surface area contributed by atoms with Crippen LogP contribution in [0, 0.1) is 5.92 Å². The molecule has 2 unspecified atom stereocenters. The SMILES string of the molecule is CCCCCCCCCCCCCCCCC(C(CCCCCCCCCCCCCCC)Cc1ccccc1)n1ccnc1. The minimum atomic E-state index is 0.572. The van der Waals surface area contributed by atoms with Gasteiger partial charge in [0.15, 0.2) is 0 Å². The van der Waals surface area contributed by atoms with Gasteiger partial charge in [0.2, 0.25) is 0 Å². The molecule has 1 aromatic carbocycles. The predicted octanol–water partition coefficient (Wildman–Crippen LogP) is 14.6. The minimum Gasteiger partial charge on any atom is -0.334 e. The molecular weight excluding hydrogens is 544 g/mol. The average Bonchev–Trinajstić information content (AvgIpc) is 3.60. The highest BCUT2D eigenvalue weighted by molar-refractivity contribution is 5.15. The second-order valence-corrected chi connectivity index (χ2v) is 14.4. The summed E-state index contributed by atoms with van der Waals surface area (Å²) < 4.78 is 2.46. The summed E-state index contributed by atoms with van der Waals surface area (Å²) in [7, 11) is 0. The first kappa shape index (κ1) is 39.6. The maximum absolute atomic E-state index is 4.48. The lowest BCUT2D eigenvalue weighted by Gasteiger charge is -2.29. The lowest BCUT2D eigenvalue weighted by atomic mass is 9.84. The van der Waals surface area contributed by atoms with Gasteiger partial charge in [-0.25, -0.2) is 4.98 Å². The van der Waals surface area contributed by atoms with Crippen molar-refractivity contribution in [3.63, 3.8) is 0 Å². The third-order valence-corrected chi connectivity index (χ3v) is 10.3. The summed E-state index contributed by atoms with van der Waals surface area (Å²) in [4.78, 5) is 4.48. The Bertz CT molecular complexity index is 829. The summed E-state index contributed by atoms with van der Waals surface area (Å²) in [5, 5.41) is 0. The van der Waals surface area contributed by atoms with Crippen molar-refractivity contribution in [1.82, 2.24) is 9.55 Å². The van der Waals surface area contributed by atoms with Crippen molar-refractivity contribution in [2.45, 2.75) is 213 Å². The van der Waals surface area contributed by atoms with Gasteiger partial charge in [-0.2, -0.15) is 0 Å². The van der Waals surface area contributed by atoms with Crippen LogP contribution in [0.15, 0.2) is 49.1 Å². The summed E-state index contributed by atoms with van der Waals surface area (Å²) in [6.45, 7) is 4.62. The molecule has 2 atom stereocenters. The molecule has 2 rings (SSSR count). The third kappa shape index (κ3) is 21.8. The number of unbranched alkanes of at least 4 members (excludes halogenated alkanes) is 25. The number of nitrogens with zero attached hydrogens (tertiary/aromatic N) is 2. The van der Waals surface area contributed by atoms with Crippen LogP contribution in [-0.2, 0) is 6.42 Å². The molecule has 2 heteroatoms. The second-order valence-electron chi connectivity index (χ2n) is 14.4. The fourth-order valence-electron chi connectivity index (χ4n) is 7.41. The van der Waals surface area contributed by atoms with Crippen molar-refractivity contribution in [2.75, 3.05) is 0 Å². The normalized spacial score (nSPS) is 12.9. The van der Waals surface area contributed by atoms with Crippen LogP contribution in [0.5, 0.6) is 0 Å². The molecule has 0 spiro atoms. The van der Waals surface area contributed by atoms with Gasteiger partial charge in [0.1, 0.15) is 0 Å². The van der Waals surface area contributed by atoms with Crippen LogP contribution < -0.4 is 0 Å². The zero-order valence-electron chi connectivity index (χ0n) is 30.4. The van der Waals surface area contributed by atoms with Crippen molar-refractivity contribution in [3.05, 3.63) is 54.6 Å². The largest absolute Gasteiger partial charge is 0.334 e. The smallest absolute Gasteiger partial charge is 0.0948 e. The lowest BCUT2D eigenvalue weighted by molar-refractivity contribution is 0.275. The van der Waals surface area contributed by atoms with Gasteiger partial charge in [0.25, 0.3) is 0 Å². The Morgan fingerprint density at radius 3 is 1.29 bits per heavy atom. The molecule has 45 heavy (non-hydrogen) atoms.